The smallest absolute Gasteiger partial charge is 0.220 e. The molecule has 1 amide bonds. The van der Waals surface area contributed by atoms with Gasteiger partial charge in [-0.25, -0.2) is 0 Å². The molecule has 1 unspecified atom stereocenters. The van der Waals surface area contributed by atoms with E-state index >= 15 is 0 Å². The molecular formula is C19H32N2O2. The Hall–Kier alpha value is -1.32. The van der Waals surface area contributed by atoms with Crippen LogP contribution in [0.2, 0.25) is 0 Å². The Balaban J connectivity index is 1.88. The Bertz CT molecular complexity index is 456. The summed E-state index contributed by atoms with van der Waals surface area (Å²) in [5.41, 5.74) is 7.91. The summed E-state index contributed by atoms with van der Waals surface area (Å²) in [6.45, 7) is 0. The number of hydrogen-bond donors (Lipinski definition) is 1. The van der Waals surface area contributed by atoms with Crippen LogP contribution in [0.15, 0.2) is 10.8 Å². The Labute approximate surface area is 140 Å². The molecule has 2 N–H and O–H groups in total. The summed E-state index contributed by atoms with van der Waals surface area (Å²) in [5, 5.41) is 4.16. The van der Waals surface area contributed by atoms with Gasteiger partial charge >= 0.3 is 0 Å². The van der Waals surface area contributed by atoms with E-state index in [9.17, 15) is 4.79 Å². The van der Waals surface area contributed by atoms with Gasteiger partial charge in [-0.1, -0.05) is 56.5 Å². The fourth-order valence-electron chi connectivity index (χ4n) is 3.58. The Morgan fingerprint density at radius 2 is 1.52 bits per heavy atom. The average molecular weight is 320 g/mol. The molecule has 0 bridgehead atoms. The Morgan fingerprint density at radius 1 is 0.913 bits per heavy atom. The summed E-state index contributed by atoms with van der Waals surface area (Å²) in [6, 6.07) is 0. The van der Waals surface area contributed by atoms with Gasteiger partial charge in [0.05, 0.1) is 5.69 Å². The fourth-order valence-corrected chi connectivity index (χ4v) is 3.58. The van der Waals surface area contributed by atoms with Gasteiger partial charge in [-0.15, -0.1) is 0 Å². The number of nitrogens with zero attached hydrogens (tertiary/aromatic N) is 1. The van der Waals surface area contributed by atoms with Gasteiger partial charge in [0.25, 0.3) is 0 Å². The first-order valence-electron chi connectivity index (χ1n) is 9.49. The molecule has 0 radical (unpaired) electrons. The van der Waals surface area contributed by atoms with Crippen molar-refractivity contribution in [2.45, 2.75) is 89.9 Å². The van der Waals surface area contributed by atoms with Crippen LogP contribution in [-0.2, 0) is 17.6 Å². The third-order valence-corrected chi connectivity index (χ3v) is 5.10. The summed E-state index contributed by atoms with van der Waals surface area (Å²) >= 11 is 0. The van der Waals surface area contributed by atoms with Crippen molar-refractivity contribution in [3.8, 4) is 0 Å². The highest BCUT2D eigenvalue weighted by molar-refractivity contribution is 5.76. The zero-order valence-electron chi connectivity index (χ0n) is 14.4. The molecule has 0 fully saturated rings. The first kappa shape index (κ1) is 18.0. The average Bonchev–Trinajstić information content (AvgIpc) is 2.97. The topological polar surface area (TPSA) is 69.1 Å². The largest absolute Gasteiger partial charge is 0.369 e. The molecule has 1 aromatic heterocycles. The van der Waals surface area contributed by atoms with E-state index < -0.39 is 0 Å². The summed E-state index contributed by atoms with van der Waals surface area (Å²) < 4.78 is 5.16. The van der Waals surface area contributed by atoms with Crippen molar-refractivity contribution in [1.82, 2.24) is 5.16 Å². The molecule has 130 valence electrons. The summed E-state index contributed by atoms with van der Waals surface area (Å²) in [6.07, 6.45) is 18.1. The molecule has 1 aromatic rings. The van der Waals surface area contributed by atoms with Gasteiger partial charge < -0.3 is 10.3 Å². The molecule has 0 saturated carbocycles. The second-order valence-corrected chi connectivity index (χ2v) is 7.00. The maximum absolute atomic E-state index is 11.6. The number of amides is 1. The molecular weight excluding hydrogens is 288 g/mol. The van der Waals surface area contributed by atoms with Gasteiger partial charge in [-0.3, -0.25) is 4.79 Å². The lowest BCUT2D eigenvalue weighted by Crippen LogP contribution is -2.23. The van der Waals surface area contributed by atoms with Crippen molar-refractivity contribution >= 4 is 5.91 Å². The predicted octanol–water partition coefficient (Wildman–Crippen LogP) is 4.56. The van der Waals surface area contributed by atoms with Gasteiger partial charge in [-0.05, 0) is 38.5 Å². The Morgan fingerprint density at radius 3 is 2.22 bits per heavy atom. The lowest BCUT2D eigenvalue weighted by Gasteiger charge is -2.13. The number of fused-ring (bicyclic) bond motifs is 1. The summed E-state index contributed by atoms with van der Waals surface area (Å²) in [4.78, 5) is 11.6. The number of rotatable bonds is 1. The minimum absolute atomic E-state index is 0.0361. The van der Waals surface area contributed by atoms with Crippen molar-refractivity contribution in [3.63, 3.8) is 0 Å². The molecule has 0 aromatic carbocycles. The highest BCUT2D eigenvalue weighted by Crippen LogP contribution is 2.21. The zero-order chi connectivity index (χ0) is 16.3. The molecule has 4 heteroatoms. The second kappa shape index (κ2) is 10.5. The van der Waals surface area contributed by atoms with E-state index in [1.54, 1.807) is 6.26 Å². The number of aryl methyl sites for hydroxylation is 2. The quantitative estimate of drug-likeness (QED) is 0.825. The molecule has 1 aliphatic rings. The second-order valence-electron chi connectivity index (χ2n) is 7.00. The fraction of sp³-hybridized carbons (Fsp3) is 0.789. The summed E-state index contributed by atoms with van der Waals surface area (Å²) in [7, 11) is 0. The van der Waals surface area contributed by atoms with E-state index in [1.165, 1.54) is 56.9 Å². The van der Waals surface area contributed by atoms with Crippen LogP contribution in [0.4, 0.5) is 0 Å². The van der Waals surface area contributed by atoms with E-state index in [1.807, 2.05) is 0 Å². The minimum Gasteiger partial charge on any atom is -0.369 e. The van der Waals surface area contributed by atoms with E-state index in [0.29, 0.717) is 0 Å². The third-order valence-electron chi connectivity index (χ3n) is 5.10. The normalized spacial score (nSPS) is 22.9. The van der Waals surface area contributed by atoms with Crippen molar-refractivity contribution in [2.24, 2.45) is 11.7 Å². The van der Waals surface area contributed by atoms with Crippen molar-refractivity contribution in [3.05, 3.63) is 17.5 Å². The number of hydrogen-bond acceptors (Lipinski definition) is 3. The van der Waals surface area contributed by atoms with Crippen LogP contribution in [0, 0.1) is 5.92 Å². The number of carbonyl (C=O) groups is 1. The van der Waals surface area contributed by atoms with E-state index in [-0.39, 0.29) is 11.8 Å². The van der Waals surface area contributed by atoms with Crippen LogP contribution in [0.25, 0.3) is 0 Å². The maximum atomic E-state index is 11.6. The lowest BCUT2D eigenvalue weighted by atomic mass is 9.93. The van der Waals surface area contributed by atoms with Gasteiger partial charge in [-0.2, -0.15) is 0 Å². The summed E-state index contributed by atoms with van der Waals surface area (Å²) in [5.74, 6) is -0.0950. The van der Waals surface area contributed by atoms with Crippen LogP contribution < -0.4 is 5.73 Å². The highest BCUT2D eigenvalue weighted by atomic mass is 16.5. The van der Waals surface area contributed by atoms with Crippen LogP contribution in [0.1, 0.15) is 88.3 Å². The van der Waals surface area contributed by atoms with Gasteiger partial charge in [0.15, 0.2) is 0 Å². The van der Waals surface area contributed by atoms with Crippen LogP contribution in [-0.4, -0.2) is 11.1 Å². The van der Waals surface area contributed by atoms with E-state index in [2.05, 4.69) is 5.16 Å². The Kier molecular flexibility index (Phi) is 8.19. The van der Waals surface area contributed by atoms with E-state index in [4.69, 9.17) is 10.3 Å². The number of carbonyl (C=O) groups excluding carboxylic acids is 1. The minimum atomic E-state index is -0.131. The first-order chi connectivity index (χ1) is 11.3. The number of nitrogens with two attached hydrogens (primary N) is 1. The van der Waals surface area contributed by atoms with Gasteiger partial charge in [0.2, 0.25) is 5.91 Å². The van der Waals surface area contributed by atoms with Gasteiger partial charge in [0, 0.05) is 11.5 Å². The molecule has 2 rings (SSSR count). The molecule has 1 aliphatic carbocycles. The van der Waals surface area contributed by atoms with Crippen LogP contribution in [0.5, 0.6) is 0 Å². The van der Waals surface area contributed by atoms with Gasteiger partial charge in [0.1, 0.15) is 6.26 Å². The van der Waals surface area contributed by atoms with Crippen molar-refractivity contribution < 1.29 is 9.32 Å². The number of primary amides is 1. The lowest BCUT2D eigenvalue weighted by molar-refractivity contribution is -0.122. The highest BCUT2D eigenvalue weighted by Gasteiger charge is 2.16. The molecule has 0 saturated heterocycles. The SMILES string of the molecule is NC(=O)C1CCCCCCCCCCCc2nocc2CCC1. The third kappa shape index (κ3) is 6.76. The zero-order valence-corrected chi connectivity index (χ0v) is 14.4. The van der Waals surface area contributed by atoms with Crippen molar-refractivity contribution in [2.75, 3.05) is 0 Å². The molecule has 1 heterocycles. The molecule has 4 nitrogen and oxygen atoms in total. The monoisotopic (exact) mass is 320 g/mol. The standard InChI is InChI=1S/C19H32N2O2/c20-19(22)16-11-8-6-4-2-1-3-5-7-9-14-18-17(13-10-12-16)15-23-21-18/h15-16H,1-14H2,(H2,20,22). The van der Waals surface area contributed by atoms with Crippen LogP contribution in [0.3, 0.4) is 0 Å². The first-order valence-corrected chi connectivity index (χ1v) is 9.49. The maximum Gasteiger partial charge on any atom is 0.220 e. The predicted molar refractivity (Wildman–Crippen MR) is 92.0 cm³/mol. The molecule has 1 atom stereocenters. The number of aromatic nitrogens is 1. The van der Waals surface area contributed by atoms with Crippen molar-refractivity contribution in [1.29, 1.82) is 0 Å². The molecule has 0 aliphatic heterocycles. The van der Waals surface area contributed by atoms with E-state index in [0.717, 1.165) is 44.2 Å². The molecule has 23 heavy (non-hydrogen) atoms. The molecule has 0 spiro atoms. The van der Waals surface area contributed by atoms with Crippen LogP contribution >= 0.6 is 0 Å².